The molecule has 4 aromatic carbocycles. The smallest absolute Gasteiger partial charge is 0.408 e. The first-order chi connectivity index (χ1) is 31.4. The molecular formula is C48H48F3N3O10S. The molecule has 65 heavy (non-hydrogen) atoms. The van der Waals surface area contributed by atoms with Crippen LogP contribution in [0.2, 0.25) is 0 Å². The van der Waals surface area contributed by atoms with Crippen molar-refractivity contribution in [3.8, 4) is 23.0 Å². The molecule has 0 aliphatic rings. The van der Waals surface area contributed by atoms with Crippen molar-refractivity contribution >= 4 is 56.8 Å². The number of rotatable bonds is 26. The molecule has 0 N–H and O–H groups in total. The van der Waals surface area contributed by atoms with Gasteiger partial charge in [-0.25, -0.2) is 29.2 Å². The fraction of sp³-hybridized carbons (Fsp3) is 0.292. The highest BCUT2D eigenvalue weighted by molar-refractivity contribution is 7.22. The number of ether oxygens (including phenoxy) is 6. The molecule has 0 bridgehead atoms. The Morgan fingerprint density at radius 1 is 0.646 bits per heavy atom. The highest BCUT2D eigenvalue weighted by atomic mass is 32.1. The van der Waals surface area contributed by atoms with E-state index in [0.29, 0.717) is 53.2 Å². The first-order valence-corrected chi connectivity index (χ1v) is 21.6. The maximum Gasteiger partial charge on any atom is 0.408 e. The van der Waals surface area contributed by atoms with Gasteiger partial charge in [0.15, 0.2) is 0 Å². The second-order valence-electron chi connectivity index (χ2n) is 14.2. The van der Waals surface area contributed by atoms with Crippen LogP contribution in [0.1, 0.15) is 77.6 Å². The third-order valence-corrected chi connectivity index (χ3v) is 10.2. The topological polar surface area (TPSA) is 152 Å². The van der Waals surface area contributed by atoms with Crippen LogP contribution in [-0.2, 0) is 19.1 Å². The molecule has 342 valence electrons. The van der Waals surface area contributed by atoms with E-state index in [1.165, 1.54) is 42.5 Å². The molecule has 0 aliphatic carbocycles. The minimum Gasteiger partial charge on any atom is -0.494 e. The molecule has 0 aliphatic heterocycles. The zero-order chi connectivity index (χ0) is 46.4. The first-order valence-electron chi connectivity index (χ1n) is 20.8. The van der Waals surface area contributed by atoms with Crippen molar-refractivity contribution in [2.75, 3.05) is 38.0 Å². The lowest BCUT2D eigenvalue weighted by Crippen LogP contribution is -2.30. The second-order valence-corrected chi connectivity index (χ2v) is 15.2. The molecule has 0 saturated carbocycles. The van der Waals surface area contributed by atoms with E-state index in [9.17, 15) is 32.3 Å². The van der Waals surface area contributed by atoms with Crippen molar-refractivity contribution in [1.82, 2.24) is 4.98 Å². The molecule has 5 aromatic rings. The van der Waals surface area contributed by atoms with Gasteiger partial charge < -0.3 is 28.4 Å². The summed E-state index contributed by atoms with van der Waals surface area (Å²) in [6, 6.07) is 23.5. The number of alkyl halides is 3. The standard InChI is InChI=1S/C48H48F3N3O10S/c1-3-43(55)61-29-13-7-5-11-27-59-37-21-17-34(18-22-37)45(57)63-39-25-26-41(36(31-39)32-52-54(33-48(49,50)51)47-53-40-15-9-10-16-42(40)65-47)64-46(58)35-19-23-38(24-20-35)60-28-12-6-8-14-30-62-44(56)4-2/h3-4,9-10,15-26,31-32H,1-2,5-8,11-14,27-30,33H2. The molecule has 0 unspecified atom stereocenters. The maximum atomic E-state index is 13.9. The van der Waals surface area contributed by atoms with Crippen LogP contribution in [0.5, 0.6) is 23.0 Å². The van der Waals surface area contributed by atoms with Crippen LogP contribution < -0.4 is 24.0 Å². The maximum absolute atomic E-state index is 13.9. The minimum atomic E-state index is -4.66. The number of fused-ring (bicyclic) bond motifs is 1. The Balaban J connectivity index is 1.24. The number of hydrogen-bond acceptors (Lipinski definition) is 14. The van der Waals surface area contributed by atoms with E-state index in [4.69, 9.17) is 28.4 Å². The SMILES string of the molecule is C=CC(=O)OCCCCCCOc1ccc(C(=O)Oc2ccc(OC(=O)c3ccc(OCCCCCCOC(=O)C=C)cc3)c(C=NN(CC(F)(F)F)c3nc4ccccc4s3)c2)cc1. The summed E-state index contributed by atoms with van der Waals surface area (Å²) >= 11 is 1.02. The molecule has 13 nitrogen and oxygen atoms in total. The molecular weight excluding hydrogens is 868 g/mol. The van der Waals surface area contributed by atoms with Gasteiger partial charge in [-0.2, -0.15) is 18.3 Å². The van der Waals surface area contributed by atoms with Crippen molar-refractivity contribution in [2.24, 2.45) is 5.10 Å². The number of anilines is 1. The van der Waals surface area contributed by atoms with Crippen LogP contribution in [0.15, 0.2) is 121 Å². The number of thiazole rings is 1. The number of para-hydroxylation sites is 1. The number of unbranched alkanes of at least 4 members (excludes halogenated alkanes) is 6. The predicted molar refractivity (Wildman–Crippen MR) is 240 cm³/mol. The summed E-state index contributed by atoms with van der Waals surface area (Å²) in [7, 11) is 0. The van der Waals surface area contributed by atoms with Gasteiger partial charge in [-0.3, -0.25) is 0 Å². The van der Waals surface area contributed by atoms with Gasteiger partial charge in [-0.15, -0.1) is 0 Å². The number of carbonyl (C=O) groups excluding carboxylic acids is 4. The summed E-state index contributed by atoms with van der Waals surface area (Å²) in [5.41, 5.74) is 0.875. The minimum absolute atomic E-state index is 0.00387. The Morgan fingerprint density at radius 3 is 1.68 bits per heavy atom. The van der Waals surface area contributed by atoms with Crippen LogP contribution in [0, 0.1) is 0 Å². The van der Waals surface area contributed by atoms with Gasteiger partial charge >= 0.3 is 30.1 Å². The van der Waals surface area contributed by atoms with E-state index in [1.807, 2.05) is 0 Å². The third-order valence-electron chi connectivity index (χ3n) is 9.18. The van der Waals surface area contributed by atoms with Gasteiger partial charge in [0.1, 0.15) is 29.5 Å². The highest BCUT2D eigenvalue weighted by Gasteiger charge is 2.32. The quantitative estimate of drug-likeness (QED) is 0.0130. The van der Waals surface area contributed by atoms with E-state index in [-0.39, 0.29) is 33.3 Å². The van der Waals surface area contributed by atoms with E-state index in [2.05, 4.69) is 23.2 Å². The molecule has 0 fully saturated rings. The largest absolute Gasteiger partial charge is 0.494 e. The van der Waals surface area contributed by atoms with Crippen LogP contribution in [0.25, 0.3) is 10.2 Å². The average molecular weight is 916 g/mol. The number of benzene rings is 4. The number of hydrazone groups is 1. The Morgan fingerprint density at radius 2 is 1.15 bits per heavy atom. The van der Waals surface area contributed by atoms with Gasteiger partial charge in [0.25, 0.3) is 0 Å². The molecule has 1 heterocycles. The van der Waals surface area contributed by atoms with Crippen LogP contribution in [0.4, 0.5) is 18.3 Å². The summed E-state index contributed by atoms with van der Waals surface area (Å²) in [4.78, 5) is 53.2. The Hall–Kier alpha value is -7.01. The van der Waals surface area contributed by atoms with E-state index in [1.54, 1.807) is 48.5 Å². The van der Waals surface area contributed by atoms with Crippen molar-refractivity contribution in [3.63, 3.8) is 0 Å². The highest BCUT2D eigenvalue weighted by Crippen LogP contribution is 2.32. The molecule has 0 amide bonds. The number of aromatic nitrogens is 1. The third kappa shape index (κ3) is 16.9. The monoisotopic (exact) mass is 915 g/mol. The number of halogens is 3. The van der Waals surface area contributed by atoms with Crippen molar-refractivity contribution in [1.29, 1.82) is 0 Å². The molecule has 0 spiro atoms. The average Bonchev–Trinajstić information content (AvgIpc) is 3.74. The van der Waals surface area contributed by atoms with Gasteiger partial charge in [-0.05, 0) is 130 Å². The van der Waals surface area contributed by atoms with E-state index < -0.39 is 36.6 Å². The Kier molecular flexibility index (Phi) is 19.1. The van der Waals surface area contributed by atoms with E-state index >= 15 is 0 Å². The molecule has 0 atom stereocenters. The van der Waals surface area contributed by atoms with Crippen LogP contribution >= 0.6 is 11.3 Å². The van der Waals surface area contributed by atoms with Crippen LogP contribution in [0.3, 0.4) is 0 Å². The normalized spacial score (nSPS) is 11.2. The number of nitrogens with zero attached hydrogens (tertiary/aromatic N) is 3. The lowest BCUT2D eigenvalue weighted by molar-refractivity contribution is -0.138. The van der Waals surface area contributed by atoms with Crippen LogP contribution in [-0.4, -0.2) is 74.2 Å². The van der Waals surface area contributed by atoms with Gasteiger partial charge in [0, 0.05) is 17.7 Å². The number of esters is 4. The molecule has 0 saturated heterocycles. The summed E-state index contributed by atoms with van der Waals surface area (Å²) in [5, 5.41) is 4.81. The molecule has 1 aromatic heterocycles. The molecule has 0 radical (unpaired) electrons. The fourth-order valence-electron chi connectivity index (χ4n) is 5.87. The first kappa shape index (κ1) is 49.0. The molecule has 5 rings (SSSR count). The predicted octanol–water partition coefficient (Wildman–Crippen LogP) is 10.5. The zero-order valence-electron chi connectivity index (χ0n) is 35.5. The van der Waals surface area contributed by atoms with Gasteiger partial charge in [0.05, 0.1) is 54.0 Å². The lowest BCUT2D eigenvalue weighted by atomic mass is 10.2. The molecule has 17 heteroatoms. The van der Waals surface area contributed by atoms with Gasteiger partial charge in [0.2, 0.25) is 5.13 Å². The summed E-state index contributed by atoms with van der Waals surface area (Å²) in [5.74, 6) is -1.42. The number of hydrogen-bond donors (Lipinski definition) is 0. The summed E-state index contributed by atoms with van der Waals surface area (Å²) < 4.78 is 75.1. The van der Waals surface area contributed by atoms with E-state index in [0.717, 1.165) is 81.1 Å². The second kappa shape index (κ2) is 25.3. The summed E-state index contributed by atoms with van der Waals surface area (Å²) in [6.45, 7) is 6.78. The fourth-order valence-corrected chi connectivity index (χ4v) is 6.79. The van der Waals surface area contributed by atoms with Gasteiger partial charge in [-0.1, -0.05) is 36.6 Å². The van der Waals surface area contributed by atoms with Crippen molar-refractivity contribution < 1.29 is 60.8 Å². The summed E-state index contributed by atoms with van der Waals surface area (Å²) in [6.07, 6.45) is 5.09. The van der Waals surface area contributed by atoms with Crippen molar-refractivity contribution in [2.45, 2.75) is 57.5 Å². The van der Waals surface area contributed by atoms with Crippen molar-refractivity contribution in [3.05, 3.63) is 133 Å². The number of carbonyl (C=O) groups is 4. The lowest BCUT2D eigenvalue weighted by Gasteiger charge is -2.18. The Labute approximate surface area is 378 Å². The Bertz CT molecular complexity index is 2370. The zero-order valence-corrected chi connectivity index (χ0v) is 36.3.